The van der Waals surface area contributed by atoms with E-state index >= 15 is 0 Å². The Bertz CT molecular complexity index is 730. The molecule has 2 aromatic rings. The molecule has 2 N–H and O–H groups in total. The standard InChI is InChI=1S/C19H20N2O4/c1-14(20)17(22)21(12-15-8-4-2-5-9-15)18(23)19(24)25-13-16-10-6-3-7-11-16/h2-11,14H,12-13,20H2,1H3/t14-/m0/s1. The Balaban J connectivity index is 2.08. The first-order valence-corrected chi connectivity index (χ1v) is 7.85. The second-order valence-corrected chi connectivity index (χ2v) is 5.57. The highest BCUT2D eigenvalue weighted by Gasteiger charge is 2.30. The maximum absolute atomic E-state index is 12.4. The van der Waals surface area contributed by atoms with Gasteiger partial charge in [0.25, 0.3) is 0 Å². The number of rotatable bonds is 5. The van der Waals surface area contributed by atoms with Gasteiger partial charge in [-0.25, -0.2) is 4.79 Å². The minimum Gasteiger partial charge on any atom is -0.454 e. The number of hydrogen-bond acceptors (Lipinski definition) is 5. The zero-order valence-electron chi connectivity index (χ0n) is 13.9. The first kappa shape index (κ1) is 18.4. The fourth-order valence-electron chi connectivity index (χ4n) is 2.16. The highest BCUT2D eigenvalue weighted by atomic mass is 16.5. The Labute approximate surface area is 146 Å². The van der Waals surface area contributed by atoms with Crippen molar-refractivity contribution in [1.82, 2.24) is 4.90 Å². The van der Waals surface area contributed by atoms with Gasteiger partial charge in [0, 0.05) is 0 Å². The van der Waals surface area contributed by atoms with Crippen LogP contribution in [0.15, 0.2) is 60.7 Å². The minimum atomic E-state index is -1.09. The normalized spacial score (nSPS) is 11.4. The molecule has 2 amide bonds. The van der Waals surface area contributed by atoms with Gasteiger partial charge in [0.1, 0.15) is 6.61 Å². The topological polar surface area (TPSA) is 89.7 Å². The summed E-state index contributed by atoms with van der Waals surface area (Å²) in [6.45, 7) is 1.38. The van der Waals surface area contributed by atoms with E-state index in [0.29, 0.717) is 5.56 Å². The molecule has 0 unspecified atom stereocenters. The Hall–Kier alpha value is -2.99. The molecule has 0 aliphatic rings. The van der Waals surface area contributed by atoms with E-state index in [-0.39, 0.29) is 13.2 Å². The highest BCUT2D eigenvalue weighted by Crippen LogP contribution is 2.08. The van der Waals surface area contributed by atoms with Crippen LogP contribution in [0, 0.1) is 0 Å². The highest BCUT2D eigenvalue weighted by molar-refractivity contribution is 6.35. The molecule has 2 aromatic carbocycles. The van der Waals surface area contributed by atoms with E-state index in [1.54, 1.807) is 48.5 Å². The largest absolute Gasteiger partial charge is 0.454 e. The van der Waals surface area contributed by atoms with Crippen molar-refractivity contribution < 1.29 is 19.1 Å². The average molecular weight is 340 g/mol. The molecule has 25 heavy (non-hydrogen) atoms. The second-order valence-electron chi connectivity index (χ2n) is 5.57. The number of carbonyl (C=O) groups is 3. The molecule has 6 nitrogen and oxygen atoms in total. The van der Waals surface area contributed by atoms with Crippen LogP contribution in [0.3, 0.4) is 0 Å². The molecule has 0 aliphatic carbocycles. The molecule has 0 saturated carbocycles. The minimum absolute atomic E-state index is 0.0412. The molecule has 1 atom stereocenters. The van der Waals surface area contributed by atoms with E-state index in [1.165, 1.54) is 6.92 Å². The van der Waals surface area contributed by atoms with E-state index in [9.17, 15) is 14.4 Å². The lowest BCUT2D eigenvalue weighted by Crippen LogP contribution is -2.47. The Morgan fingerprint density at radius 1 is 0.960 bits per heavy atom. The SMILES string of the molecule is C[C@H](N)C(=O)N(Cc1ccccc1)C(=O)C(=O)OCc1ccccc1. The van der Waals surface area contributed by atoms with Crippen LogP contribution in [0.1, 0.15) is 18.1 Å². The lowest BCUT2D eigenvalue weighted by Gasteiger charge is -2.21. The number of imide groups is 1. The number of carbonyl (C=O) groups excluding carboxylic acids is 3. The molecule has 0 heterocycles. The number of nitrogens with zero attached hydrogens (tertiary/aromatic N) is 1. The van der Waals surface area contributed by atoms with Crippen LogP contribution >= 0.6 is 0 Å². The van der Waals surface area contributed by atoms with Crippen molar-refractivity contribution in [3.05, 3.63) is 71.8 Å². The summed E-state index contributed by atoms with van der Waals surface area (Å²) in [5.41, 5.74) is 7.05. The van der Waals surface area contributed by atoms with Crippen molar-refractivity contribution in [3.8, 4) is 0 Å². The molecule has 130 valence electrons. The van der Waals surface area contributed by atoms with Crippen LogP contribution in [0.4, 0.5) is 0 Å². The molecular formula is C19H20N2O4. The maximum atomic E-state index is 12.4. The van der Waals surface area contributed by atoms with Crippen LogP contribution in [0.2, 0.25) is 0 Å². The van der Waals surface area contributed by atoms with Gasteiger partial charge >= 0.3 is 11.9 Å². The van der Waals surface area contributed by atoms with Crippen molar-refractivity contribution in [2.24, 2.45) is 5.73 Å². The van der Waals surface area contributed by atoms with Crippen molar-refractivity contribution >= 4 is 17.8 Å². The Morgan fingerprint density at radius 3 is 2.00 bits per heavy atom. The fourth-order valence-corrected chi connectivity index (χ4v) is 2.16. The second kappa shape index (κ2) is 8.75. The van der Waals surface area contributed by atoms with Gasteiger partial charge < -0.3 is 10.5 Å². The third-order valence-corrected chi connectivity index (χ3v) is 3.47. The van der Waals surface area contributed by atoms with Gasteiger partial charge in [-0.05, 0) is 18.1 Å². The summed E-state index contributed by atoms with van der Waals surface area (Å²) in [5, 5.41) is 0. The lowest BCUT2D eigenvalue weighted by molar-refractivity contribution is -0.165. The number of esters is 1. The quantitative estimate of drug-likeness (QED) is 0.660. The monoisotopic (exact) mass is 340 g/mol. The molecule has 2 rings (SSSR count). The first-order chi connectivity index (χ1) is 12.0. The molecule has 0 aliphatic heterocycles. The fraction of sp³-hybridized carbons (Fsp3) is 0.211. The van der Waals surface area contributed by atoms with E-state index in [2.05, 4.69) is 0 Å². The number of ether oxygens (including phenoxy) is 1. The van der Waals surface area contributed by atoms with E-state index < -0.39 is 23.8 Å². The van der Waals surface area contributed by atoms with Gasteiger partial charge in [-0.2, -0.15) is 0 Å². The van der Waals surface area contributed by atoms with Gasteiger partial charge in [-0.15, -0.1) is 0 Å². The summed E-state index contributed by atoms with van der Waals surface area (Å²) in [4.78, 5) is 37.5. The van der Waals surface area contributed by atoms with Crippen LogP contribution in [-0.4, -0.2) is 28.7 Å². The molecule has 0 radical (unpaired) electrons. The van der Waals surface area contributed by atoms with Crippen molar-refractivity contribution in [3.63, 3.8) is 0 Å². The smallest absolute Gasteiger partial charge is 0.397 e. The molecular weight excluding hydrogens is 320 g/mol. The number of benzene rings is 2. The van der Waals surface area contributed by atoms with Crippen LogP contribution in [0.25, 0.3) is 0 Å². The lowest BCUT2D eigenvalue weighted by atomic mass is 10.2. The number of amides is 2. The van der Waals surface area contributed by atoms with Crippen LogP contribution in [-0.2, 0) is 32.3 Å². The zero-order valence-corrected chi connectivity index (χ0v) is 13.9. The van der Waals surface area contributed by atoms with Gasteiger partial charge in [-0.1, -0.05) is 60.7 Å². The summed E-state index contributed by atoms with van der Waals surface area (Å²) in [6.07, 6.45) is 0. The van der Waals surface area contributed by atoms with Crippen molar-refractivity contribution in [2.45, 2.75) is 26.1 Å². The van der Waals surface area contributed by atoms with Crippen LogP contribution in [0.5, 0.6) is 0 Å². The van der Waals surface area contributed by atoms with Gasteiger partial charge in [0.15, 0.2) is 0 Å². The predicted molar refractivity (Wildman–Crippen MR) is 91.9 cm³/mol. The first-order valence-electron chi connectivity index (χ1n) is 7.85. The van der Waals surface area contributed by atoms with Crippen molar-refractivity contribution in [2.75, 3.05) is 0 Å². The Morgan fingerprint density at radius 2 is 1.48 bits per heavy atom. The molecule has 6 heteroatoms. The molecule has 0 bridgehead atoms. The summed E-state index contributed by atoms with van der Waals surface area (Å²) in [7, 11) is 0. The van der Waals surface area contributed by atoms with Gasteiger partial charge in [0.05, 0.1) is 12.6 Å². The maximum Gasteiger partial charge on any atom is 0.397 e. The third kappa shape index (κ3) is 5.26. The molecule has 0 spiro atoms. The zero-order chi connectivity index (χ0) is 18.2. The summed E-state index contributed by atoms with van der Waals surface area (Å²) in [6, 6.07) is 16.9. The Kier molecular flexibility index (Phi) is 6.42. The number of hydrogen-bond donors (Lipinski definition) is 1. The van der Waals surface area contributed by atoms with Crippen molar-refractivity contribution in [1.29, 1.82) is 0 Å². The summed E-state index contributed by atoms with van der Waals surface area (Å²) >= 11 is 0. The summed E-state index contributed by atoms with van der Waals surface area (Å²) in [5.74, 6) is -2.75. The molecule has 0 fully saturated rings. The van der Waals surface area contributed by atoms with Gasteiger partial charge in [-0.3, -0.25) is 14.5 Å². The third-order valence-electron chi connectivity index (χ3n) is 3.47. The van der Waals surface area contributed by atoms with E-state index in [0.717, 1.165) is 10.5 Å². The molecule has 0 saturated heterocycles. The van der Waals surface area contributed by atoms with Gasteiger partial charge in [0.2, 0.25) is 5.91 Å². The van der Waals surface area contributed by atoms with E-state index in [4.69, 9.17) is 10.5 Å². The molecule has 0 aromatic heterocycles. The average Bonchev–Trinajstić information content (AvgIpc) is 2.64. The summed E-state index contributed by atoms with van der Waals surface area (Å²) < 4.78 is 5.02. The number of nitrogens with two attached hydrogens (primary N) is 1. The predicted octanol–water partition coefficient (Wildman–Crippen LogP) is 1.63. The van der Waals surface area contributed by atoms with E-state index in [1.807, 2.05) is 12.1 Å². The van der Waals surface area contributed by atoms with Crippen LogP contribution < -0.4 is 5.73 Å².